The van der Waals surface area contributed by atoms with Crippen LogP contribution in [0.15, 0.2) is 42.5 Å². The Morgan fingerprint density at radius 1 is 0.909 bits per heavy atom. The summed E-state index contributed by atoms with van der Waals surface area (Å²) in [6.45, 7) is 0. The Bertz CT molecular complexity index is 836. The number of rotatable bonds is 4. The number of ether oxygens (including phenoxy) is 2. The summed E-state index contributed by atoms with van der Waals surface area (Å²) < 4.78 is 10.4. The largest absolute Gasteiger partial charge is 0.497 e. The number of H-pyrrole nitrogens is 1. The number of benzene rings is 2. The van der Waals surface area contributed by atoms with Crippen LogP contribution in [0, 0.1) is 0 Å². The molecule has 4 heteroatoms. The highest BCUT2D eigenvalue weighted by molar-refractivity contribution is 6.32. The minimum Gasteiger partial charge on any atom is -0.497 e. The van der Waals surface area contributed by atoms with E-state index in [2.05, 4.69) is 11.1 Å². The first-order chi connectivity index (χ1) is 10.7. The summed E-state index contributed by atoms with van der Waals surface area (Å²) in [5.41, 5.74) is 3.02. The number of fused-ring (bicyclic) bond motifs is 1. The highest BCUT2D eigenvalue weighted by Crippen LogP contribution is 2.25. The second-order valence-corrected chi connectivity index (χ2v) is 5.31. The van der Waals surface area contributed by atoms with Gasteiger partial charge in [-0.05, 0) is 54.1 Å². The van der Waals surface area contributed by atoms with Crippen LogP contribution in [-0.2, 0) is 0 Å². The fraction of sp³-hybridized carbons (Fsp3) is 0.111. The third kappa shape index (κ3) is 2.95. The van der Waals surface area contributed by atoms with Gasteiger partial charge in [0.15, 0.2) is 0 Å². The minimum atomic E-state index is 0.661. The lowest BCUT2D eigenvalue weighted by atomic mass is 10.2. The molecule has 0 aliphatic carbocycles. The van der Waals surface area contributed by atoms with Gasteiger partial charge in [-0.1, -0.05) is 17.7 Å². The number of aromatic nitrogens is 1. The molecule has 22 heavy (non-hydrogen) atoms. The zero-order valence-electron chi connectivity index (χ0n) is 12.4. The van der Waals surface area contributed by atoms with Crippen LogP contribution in [0.3, 0.4) is 0 Å². The third-order valence-corrected chi connectivity index (χ3v) is 3.83. The molecule has 0 amide bonds. The zero-order chi connectivity index (χ0) is 15.5. The molecular weight excluding hydrogens is 298 g/mol. The van der Waals surface area contributed by atoms with Crippen LogP contribution in [-0.4, -0.2) is 19.2 Å². The zero-order valence-corrected chi connectivity index (χ0v) is 13.1. The lowest BCUT2D eigenvalue weighted by Gasteiger charge is -2.02. The van der Waals surface area contributed by atoms with Crippen molar-refractivity contribution in [2.45, 2.75) is 0 Å². The van der Waals surface area contributed by atoms with Gasteiger partial charge in [0.05, 0.1) is 19.2 Å². The van der Waals surface area contributed by atoms with Crippen molar-refractivity contribution in [3.05, 3.63) is 58.7 Å². The summed E-state index contributed by atoms with van der Waals surface area (Å²) in [4.78, 5) is 3.35. The molecule has 0 unspecified atom stereocenters. The quantitative estimate of drug-likeness (QED) is 0.734. The van der Waals surface area contributed by atoms with Gasteiger partial charge in [-0.15, -0.1) is 0 Å². The van der Waals surface area contributed by atoms with E-state index in [-0.39, 0.29) is 0 Å². The molecule has 0 spiro atoms. The second-order valence-electron chi connectivity index (χ2n) is 4.90. The number of hydrogen-bond donors (Lipinski definition) is 1. The van der Waals surface area contributed by atoms with Gasteiger partial charge in [-0.2, -0.15) is 0 Å². The molecule has 0 saturated heterocycles. The maximum Gasteiger partial charge on any atom is 0.120 e. The Morgan fingerprint density at radius 3 is 2.36 bits per heavy atom. The topological polar surface area (TPSA) is 34.2 Å². The molecule has 0 aliphatic heterocycles. The summed E-state index contributed by atoms with van der Waals surface area (Å²) >= 11 is 6.23. The fourth-order valence-electron chi connectivity index (χ4n) is 2.30. The van der Waals surface area contributed by atoms with Crippen molar-refractivity contribution >= 4 is 34.7 Å². The number of methoxy groups -OCH3 is 2. The van der Waals surface area contributed by atoms with Crippen LogP contribution in [0.25, 0.3) is 23.1 Å². The van der Waals surface area contributed by atoms with E-state index >= 15 is 0 Å². The SMILES string of the molecule is COc1ccc(/C=C/c2cc3cc(OC)ccc3[nH]2)c(Cl)c1. The van der Waals surface area contributed by atoms with E-state index in [1.165, 1.54) is 0 Å². The molecule has 2 aromatic carbocycles. The molecule has 1 aromatic heterocycles. The molecule has 3 aromatic rings. The van der Waals surface area contributed by atoms with Crippen LogP contribution in [0.5, 0.6) is 11.5 Å². The number of halogens is 1. The third-order valence-electron chi connectivity index (χ3n) is 3.50. The standard InChI is InChI=1S/C18H16ClNO2/c1-21-15-7-8-18-13(10-15)9-14(20-18)5-3-12-4-6-16(22-2)11-17(12)19/h3-11,20H,1-2H3/b5-3+. The molecule has 3 rings (SSSR count). The van der Waals surface area contributed by atoms with Gasteiger partial charge in [0, 0.05) is 16.6 Å². The molecule has 3 nitrogen and oxygen atoms in total. The van der Waals surface area contributed by atoms with Crippen LogP contribution >= 0.6 is 11.6 Å². The first-order valence-corrected chi connectivity index (χ1v) is 7.26. The Kier molecular flexibility index (Phi) is 4.07. The van der Waals surface area contributed by atoms with Crippen molar-refractivity contribution in [3.63, 3.8) is 0 Å². The monoisotopic (exact) mass is 313 g/mol. The average Bonchev–Trinajstić information content (AvgIpc) is 2.95. The lowest BCUT2D eigenvalue weighted by Crippen LogP contribution is -1.83. The van der Waals surface area contributed by atoms with E-state index in [4.69, 9.17) is 21.1 Å². The predicted molar refractivity (Wildman–Crippen MR) is 91.8 cm³/mol. The molecule has 1 N–H and O–H groups in total. The summed E-state index contributed by atoms with van der Waals surface area (Å²) in [6, 6.07) is 13.6. The molecular formula is C18H16ClNO2. The highest BCUT2D eigenvalue weighted by atomic mass is 35.5. The molecule has 0 saturated carbocycles. The summed E-state index contributed by atoms with van der Waals surface area (Å²) in [7, 11) is 3.29. The van der Waals surface area contributed by atoms with E-state index in [9.17, 15) is 0 Å². The maximum absolute atomic E-state index is 6.23. The van der Waals surface area contributed by atoms with Gasteiger partial charge >= 0.3 is 0 Å². The molecule has 1 heterocycles. The van der Waals surface area contributed by atoms with Crippen LogP contribution < -0.4 is 9.47 Å². The van der Waals surface area contributed by atoms with E-state index in [0.717, 1.165) is 33.7 Å². The summed E-state index contributed by atoms with van der Waals surface area (Å²) in [6.07, 6.45) is 3.98. The Balaban J connectivity index is 1.89. The number of nitrogens with one attached hydrogen (secondary N) is 1. The highest BCUT2D eigenvalue weighted by Gasteiger charge is 2.02. The molecule has 112 valence electrons. The maximum atomic E-state index is 6.23. The number of hydrogen-bond acceptors (Lipinski definition) is 2. The fourth-order valence-corrected chi connectivity index (χ4v) is 2.53. The van der Waals surface area contributed by atoms with Gasteiger partial charge in [0.25, 0.3) is 0 Å². The second kappa shape index (κ2) is 6.16. The summed E-state index contributed by atoms with van der Waals surface area (Å²) in [5, 5.41) is 1.77. The van der Waals surface area contributed by atoms with E-state index < -0.39 is 0 Å². The average molecular weight is 314 g/mol. The van der Waals surface area contributed by atoms with Crippen molar-refractivity contribution in [2.75, 3.05) is 14.2 Å². The molecule has 0 fully saturated rings. The Morgan fingerprint density at radius 2 is 1.64 bits per heavy atom. The lowest BCUT2D eigenvalue weighted by molar-refractivity contribution is 0.415. The van der Waals surface area contributed by atoms with Crippen LogP contribution in [0.2, 0.25) is 5.02 Å². The van der Waals surface area contributed by atoms with Gasteiger partial charge in [0.2, 0.25) is 0 Å². The molecule has 0 bridgehead atoms. The Labute approximate surface area is 134 Å². The first-order valence-electron chi connectivity index (χ1n) is 6.88. The van der Waals surface area contributed by atoms with Crippen molar-refractivity contribution in [2.24, 2.45) is 0 Å². The molecule has 0 atom stereocenters. The van der Waals surface area contributed by atoms with Crippen molar-refractivity contribution < 1.29 is 9.47 Å². The molecule has 0 aliphatic rings. The van der Waals surface area contributed by atoms with Gasteiger partial charge in [-0.3, -0.25) is 0 Å². The van der Waals surface area contributed by atoms with Crippen LogP contribution in [0.4, 0.5) is 0 Å². The number of aromatic amines is 1. The van der Waals surface area contributed by atoms with Gasteiger partial charge in [-0.25, -0.2) is 0 Å². The van der Waals surface area contributed by atoms with Gasteiger partial charge < -0.3 is 14.5 Å². The normalized spacial score (nSPS) is 11.2. The molecule has 0 radical (unpaired) electrons. The van der Waals surface area contributed by atoms with E-state index in [1.807, 2.05) is 42.5 Å². The van der Waals surface area contributed by atoms with E-state index in [0.29, 0.717) is 5.02 Å². The van der Waals surface area contributed by atoms with E-state index in [1.54, 1.807) is 20.3 Å². The first kappa shape index (κ1) is 14.5. The van der Waals surface area contributed by atoms with Crippen molar-refractivity contribution in [3.8, 4) is 11.5 Å². The Hall–Kier alpha value is -2.39. The van der Waals surface area contributed by atoms with Crippen molar-refractivity contribution in [1.82, 2.24) is 4.98 Å². The summed E-state index contributed by atoms with van der Waals surface area (Å²) in [5.74, 6) is 1.60. The minimum absolute atomic E-state index is 0.661. The van der Waals surface area contributed by atoms with Gasteiger partial charge in [0.1, 0.15) is 11.5 Å². The predicted octanol–water partition coefficient (Wildman–Crippen LogP) is 5.01. The smallest absolute Gasteiger partial charge is 0.120 e. The van der Waals surface area contributed by atoms with Crippen LogP contribution in [0.1, 0.15) is 11.3 Å². The van der Waals surface area contributed by atoms with Crippen molar-refractivity contribution in [1.29, 1.82) is 0 Å².